The number of aryl methyl sites for hydroxylation is 1. The van der Waals surface area contributed by atoms with E-state index in [4.69, 9.17) is 4.42 Å². The minimum absolute atomic E-state index is 0.0275. The van der Waals surface area contributed by atoms with Crippen molar-refractivity contribution in [3.63, 3.8) is 0 Å². The van der Waals surface area contributed by atoms with E-state index in [1.54, 1.807) is 20.2 Å². The molecule has 0 radical (unpaired) electrons. The molecule has 11 heteroatoms. The number of hydrogen-bond acceptors (Lipinski definition) is 6. The summed E-state index contributed by atoms with van der Waals surface area (Å²) in [7, 11) is 1.14. The van der Waals surface area contributed by atoms with Crippen LogP contribution < -0.4 is 9.62 Å². The molecule has 0 fully saturated rings. The van der Waals surface area contributed by atoms with Crippen molar-refractivity contribution in [1.29, 1.82) is 0 Å². The van der Waals surface area contributed by atoms with Crippen LogP contribution in [0.4, 0.5) is 10.2 Å². The summed E-state index contributed by atoms with van der Waals surface area (Å²) in [5, 5.41) is 3.02. The van der Waals surface area contributed by atoms with E-state index in [0.29, 0.717) is 42.2 Å². The van der Waals surface area contributed by atoms with Gasteiger partial charge in [-0.1, -0.05) is 6.92 Å². The van der Waals surface area contributed by atoms with Crippen LogP contribution in [0.25, 0.3) is 22.4 Å². The summed E-state index contributed by atoms with van der Waals surface area (Å²) in [6.45, 7) is 2.00. The maximum atomic E-state index is 13.5. The average molecular weight is 519 g/mol. The van der Waals surface area contributed by atoms with Gasteiger partial charge in [0.15, 0.2) is 0 Å². The molecule has 0 aliphatic rings. The summed E-state index contributed by atoms with van der Waals surface area (Å²) < 4.78 is 46.1. The molecule has 3 aromatic rings. The number of furan rings is 1. The zero-order chi connectivity index (χ0) is 26.6. The van der Waals surface area contributed by atoms with Crippen LogP contribution in [0.1, 0.15) is 42.1 Å². The fourth-order valence-corrected chi connectivity index (χ4v) is 4.80. The van der Waals surface area contributed by atoms with E-state index >= 15 is 0 Å². The molecule has 1 aromatic carbocycles. The first-order valence-corrected chi connectivity index (χ1v) is 13.4. The van der Waals surface area contributed by atoms with Crippen molar-refractivity contribution >= 4 is 38.8 Å². The number of rotatable bonds is 10. The number of nitrogens with zero attached hydrogens (tertiary/aromatic N) is 3. The molecule has 36 heavy (non-hydrogen) atoms. The number of halogens is 1. The van der Waals surface area contributed by atoms with Crippen molar-refractivity contribution in [3.8, 4) is 11.3 Å². The third kappa shape index (κ3) is 5.84. The van der Waals surface area contributed by atoms with Gasteiger partial charge < -0.3 is 14.6 Å². The molecule has 2 amide bonds. The minimum Gasteiger partial charge on any atom is -0.437 e. The molecule has 2 aromatic heterocycles. The number of carbonyl (C=O) groups excluding carboxylic acids is 2. The van der Waals surface area contributed by atoms with Crippen LogP contribution >= 0.6 is 0 Å². The first-order valence-electron chi connectivity index (χ1n) is 11.6. The number of hydrogen-bond donors (Lipinski definition) is 1. The molecule has 0 saturated heterocycles. The van der Waals surface area contributed by atoms with Gasteiger partial charge in [0.2, 0.25) is 21.6 Å². The largest absolute Gasteiger partial charge is 0.437 e. The zero-order valence-electron chi connectivity index (χ0n) is 21.1. The fraction of sp³-hybridized carbons (Fsp3) is 0.400. The number of carbonyl (C=O) groups is 2. The Kier molecular flexibility index (Phi) is 8.34. The lowest BCUT2D eigenvalue weighted by Gasteiger charge is -2.23. The van der Waals surface area contributed by atoms with Crippen molar-refractivity contribution in [3.05, 3.63) is 47.3 Å². The fourth-order valence-electron chi connectivity index (χ4n) is 3.87. The van der Waals surface area contributed by atoms with Crippen molar-refractivity contribution < 1.29 is 26.8 Å². The van der Waals surface area contributed by atoms with Crippen LogP contribution in [0.2, 0.25) is 0 Å². The molecular formula is C25H31FN4O5S. The Hall–Kier alpha value is -3.47. The van der Waals surface area contributed by atoms with Gasteiger partial charge in [-0.15, -0.1) is 0 Å². The molecular weight excluding hydrogens is 487 g/mol. The van der Waals surface area contributed by atoms with Gasteiger partial charge in [0, 0.05) is 39.7 Å². The lowest BCUT2D eigenvalue weighted by Crippen LogP contribution is -2.32. The maximum absolute atomic E-state index is 13.5. The van der Waals surface area contributed by atoms with Gasteiger partial charge in [-0.05, 0) is 55.2 Å². The molecule has 194 valence electrons. The second-order valence-electron chi connectivity index (χ2n) is 8.65. The summed E-state index contributed by atoms with van der Waals surface area (Å²) in [5.74, 6) is -0.435. The summed E-state index contributed by atoms with van der Waals surface area (Å²) >= 11 is 0. The molecule has 1 N–H and O–H groups in total. The summed E-state index contributed by atoms with van der Waals surface area (Å²) in [5.41, 5.74) is 1.43. The van der Waals surface area contributed by atoms with Gasteiger partial charge in [0.05, 0.1) is 17.2 Å². The van der Waals surface area contributed by atoms with Crippen LogP contribution in [-0.4, -0.2) is 64.1 Å². The predicted molar refractivity (Wildman–Crippen MR) is 137 cm³/mol. The number of unbranched alkanes of at least 4 members (excludes halogenated alkanes) is 1. The Bertz CT molecular complexity index is 1370. The summed E-state index contributed by atoms with van der Waals surface area (Å²) in [4.78, 5) is 30.7. The van der Waals surface area contributed by atoms with E-state index in [9.17, 15) is 22.4 Å². The van der Waals surface area contributed by atoms with Gasteiger partial charge in [-0.3, -0.25) is 13.9 Å². The van der Waals surface area contributed by atoms with E-state index in [-0.39, 0.29) is 35.3 Å². The highest BCUT2D eigenvalue weighted by Crippen LogP contribution is 2.36. The molecule has 9 nitrogen and oxygen atoms in total. The number of anilines is 1. The van der Waals surface area contributed by atoms with Gasteiger partial charge >= 0.3 is 0 Å². The molecule has 0 unspecified atom stereocenters. The van der Waals surface area contributed by atoms with E-state index in [0.717, 1.165) is 6.26 Å². The Labute approximate surface area is 210 Å². The minimum atomic E-state index is -3.70. The highest BCUT2D eigenvalue weighted by molar-refractivity contribution is 7.92. The molecule has 0 aliphatic carbocycles. The second kappa shape index (κ2) is 11.1. The summed E-state index contributed by atoms with van der Waals surface area (Å²) in [6, 6.07) is 7.24. The highest BCUT2D eigenvalue weighted by Gasteiger charge is 2.27. The smallest absolute Gasteiger partial charge is 0.255 e. The van der Waals surface area contributed by atoms with Crippen LogP contribution in [0.3, 0.4) is 0 Å². The third-order valence-electron chi connectivity index (χ3n) is 5.82. The topological polar surface area (TPSA) is 113 Å². The van der Waals surface area contributed by atoms with Gasteiger partial charge in [0.25, 0.3) is 5.91 Å². The molecule has 2 heterocycles. The molecule has 0 spiro atoms. The molecule has 3 rings (SSSR count). The maximum Gasteiger partial charge on any atom is 0.255 e. The Morgan fingerprint density at radius 2 is 1.81 bits per heavy atom. The van der Waals surface area contributed by atoms with Gasteiger partial charge in [0.1, 0.15) is 17.4 Å². The van der Waals surface area contributed by atoms with Crippen LogP contribution in [0.15, 0.2) is 34.7 Å². The number of pyridine rings is 1. The quantitative estimate of drug-likeness (QED) is 0.411. The van der Waals surface area contributed by atoms with Crippen molar-refractivity contribution in [2.45, 2.75) is 32.6 Å². The number of amides is 2. The third-order valence-corrected chi connectivity index (χ3v) is 6.97. The zero-order valence-corrected chi connectivity index (χ0v) is 21.9. The SMILES string of the molecule is CCc1cc2c(C(=O)NC)c(-c3ccc(F)cc3)oc2nc1N(CCCCC(=O)N(C)C)S(C)(=O)=O. The second-order valence-corrected chi connectivity index (χ2v) is 10.6. The predicted octanol–water partition coefficient (Wildman–Crippen LogP) is 3.58. The first kappa shape index (κ1) is 27.1. The normalized spacial score (nSPS) is 11.5. The molecule has 0 saturated carbocycles. The number of aromatic nitrogens is 1. The Balaban J connectivity index is 2.09. The molecule has 0 aliphatic heterocycles. The number of fused-ring (bicyclic) bond motifs is 1. The van der Waals surface area contributed by atoms with Crippen molar-refractivity contribution in [2.24, 2.45) is 0 Å². The molecule has 0 bridgehead atoms. The van der Waals surface area contributed by atoms with Gasteiger partial charge in [-0.2, -0.15) is 4.98 Å². The van der Waals surface area contributed by atoms with Crippen LogP contribution in [0, 0.1) is 5.82 Å². The van der Waals surface area contributed by atoms with E-state index in [2.05, 4.69) is 10.3 Å². The Morgan fingerprint density at radius 1 is 1.14 bits per heavy atom. The van der Waals surface area contributed by atoms with Gasteiger partial charge in [-0.25, -0.2) is 12.8 Å². The van der Waals surface area contributed by atoms with Crippen LogP contribution in [-0.2, 0) is 21.2 Å². The van der Waals surface area contributed by atoms with E-state index in [1.807, 2.05) is 6.92 Å². The van der Waals surface area contributed by atoms with Crippen molar-refractivity contribution in [2.75, 3.05) is 38.2 Å². The monoisotopic (exact) mass is 518 g/mol. The standard InChI is InChI=1S/C25H31FN4O5S/c1-6-16-15-19-21(24(32)27-2)22(17-10-12-18(26)13-11-17)35-25(19)28-23(16)30(36(5,33)34)14-8-7-9-20(31)29(3)4/h10-13,15H,6-9,14H2,1-5H3,(H,27,32). The van der Waals surface area contributed by atoms with E-state index < -0.39 is 21.7 Å². The lowest BCUT2D eigenvalue weighted by molar-refractivity contribution is -0.128. The first-order chi connectivity index (χ1) is 17.0. The Morgan fingerprint density at radius 3 is 2.36 bits per heavy atom. The number of sulfonamides is 1. The highest BCUT2D eigenvalue weighted by atomic mass is 32.2. The van der Waals surface area contributed by atoms with Crippen molar-refractivity contribution in [1.82, 2.24) is 15.2 Å². The van der Waals surface area contributed by atoms with Crippen LogP contribution in [0.5, 0.6) is 0 Å². The lowest BCUT2D eigenvalue weighted by atomic mass is 10.0. The van der Waals surface area contributed by atoms with E-state index in [1.165, 1.54) is 40.5 Å². The number of benzene rings is 1. The number of nitrogens with one attached hydrogen (secondary N) is 1. The summed E-state index contributed by atoms with van der Waals surface area (Å²) in [6.07, 6.45) is 2.84. The molecule has 0 atom stereocenters. The average Bonchev–Trinajstić information content (AvgIpc) is 3.20.